The summed E-state index contributed by atoms with van der Waals surface area (Å²) in [5, 5.41) is 6.17. The van der Waals surface area contributed by atoms with Gasteiger partial charge in [-0.1, -0.05) is 41.2 Å². The highest BCUT2D eigenvalue weighted by Crippen LogP contribution is 2.29. The molecule has 0 aliphatic carbocycles. The van der Waals surface area contributed by atoms with E-state index < -0.39 is 0 Å². The van der Waals surface area contributed by atoms with E-state index in [0.29, 0.717) is 16.5 Å². The van der Waals surface area contributed by atoms with Crippen LogP contribution in [0.2, 0.25) is 0 Å². The van der Waals surface area contributed by atoms with Crippen LogP contribution in [-0.4, -0.2) is 17.1 Å². The fraction of sp³-hybridized carbons (Fsp3) is 0.0500. The van der Waals surface area contributed by atoms with Gasteiger partial charge >= 0.3 is 0 Å². The summed E-state index contributed by atoms with van der Waals surface area (Å²) in [6.45, 7) is 1.98. The van der Waals surface area contributed by atoms with Gasteiger partial charge in [-0.3, -0.25) is 4.79 Å². The van der Waals surface area contributed by atoms with E-state index in [1.165, 1.54) is 22.6 Å². The molecule has 0 N–H and O–H groups in total. The van der Waals surface area contributed by atoms with Crippen molar-refractivity contribution in [3.8, 4) is 0 Å². The quantitative estimate of drug-likeness (QED) is 0.384. The molecule has 4 rings (SSSR count). The van der Waals surface area contributed by atoms with Gasteiger partial charge in [0.1, 0.15) is 5.76 Å². The molecule has 128 valence electrons. The van der Waals surface area contributed by atoms with E-state index in [0.717, 1.165) is 15.8 Å². The van der Waals surface area contributed by atoms with Crippen molar-refractivity contribution in [3.05, 3.63) is 83.8 Å². The van der Waals surface area contributed by atoms with Crippen LogP contribution in [0.5, 0.6) is 0 Å². The van der Waals surface area contributed by atoms with Gasteiger partial charge in [0, 0.05) is 5.56 Å². The summed E-state index contributed by atoms with van der Waals surface area (Å²) in [5.41, 5.74) is 2.47. The molecule has 5 nitrogen and oxygen atoms in total. The summed E-state index contributed by atoms with van der Waals surface area (Å²) in [6.07, 6.45) is 3.07. The van der Waals surface area contributed by atoms with Gasteiger partial charge in [0.15, 0.2) is 0 Å². The third-order valence-electron chi connectivity index (χ3n) is 3.80. The van der Waals surface area contributed by atoms with Crippen molar-refractivity contribution in [2.24, 2.45) is 5.10 Å². The van der Waals surface area contributed by atoms with Gasteiger partial charge in [0.25, 0.3) is 5.91 Å². The third-order valence-corrected chi connectivity index (χ3v) is 4.81. The van der Waals surface area contributed by atoms with Crippen molar-refractivity contribution >= 4 is 38.8 Å². The smallest absolute Gasteiger partial charge is 0.280 e. The zero-order valence-corrected chi connectivity index (χ0v) is 14.8. The zero-order valence-electron chi connectivity index (χ0n) is 14.0. The first-order valence-corrected chi connectivity index (χ1v) is 8.86. The molecule has 0 saturated carbocycles. The maximum atomic E-state index is 13.0. The van der Waals surface area contributed by atoms with E-state index in [1.807, 2.05) is 43.3 Å². The molecule has 1 amide bonds. The maximum Gasteiger partial charge on any atom is 0.280 e. The molecule has 0 atom stereocenters. The monoisotopic (exact) mass is 361 g/mol. The highest BCUT2D eigenvalue weighted by Gasteiger charge is 2.21. The number of benzene rings is 2. The number of anilines is 1. The Morgan fingerprint density at radius 2 is 1.92 bits per heavy atom. The minimum absolute atomic E-state index is 0.244. The number of hydrazone groups is 1. The largest absolute Gasteiger partial charge is 0.463 e. The number of rotatable bonds is 4. The van der Waals surface area contributed by atoms with Crippen molar-refractivity contribution in [1.29, 1.82) is 0 Å². The summed E-state index contributed by atoms with van der Waals surface area (Å²) in [6, 6.07) is 18.7. The van der Waals surface area contributed by atoms with Gasteiger partial charge in [0.2, 0.25) is 5.13 Å². The normalized spacial score (nSPS) is 11.3. The summed E-state index contributed by atoms with van der Waals surface area (Å²) < 4.78 is 6.27. The van der Waals surface area contributed by atoms with Gasteiger partial charge < -0.3 is 4.42 Å². The van der Waals surface area contributed by atoms with Gasteiger partial charge in [-0.25, -0.2) is 4.98 Å². The van der Waals surface area contributed by atoms with Crippen molar-refractivity contribution < 1.29 is 9.21 Å². The molecule has 0 spiro atoms. The Labute approximate surface area is 154 Å². The molecule has 26 heavy (non-hydrogen) atoms. The average Bonchev–Trinajstić information content (AvgIpc) is 3.31. The van der Waals surface area contributed by atoms with Crippen molar-refractivity contribution in [1.82, 2.24) is 4.98 Å². The Kier molecular flexibility index (Phi) is 4.33. The van der Waals surface area contributed by atoms with Crippen LogP contribution in [0.25, 0.3) is 10.2 Å². The number of furan rings is 1. The van der Waals surface area contributed by atoms with Crippen molar-refractivity contribution in [3.63, 3.8) is 0 Å². The molecule has 0 saturated heterocycles. The first kappa shape index (κ1) is 16.2. The third kappa shape index (κ3) is 3.27. The lowest BCUT2D eigenvalue weighted by Crippen LogP contribution is -2.25. The number of carbonyl (C=O) groups is 1. The molecule has 0 unspecified atom stereocenters. The Balaban J connectivity index is 1.75. The van der Waals surface area contributed by atoms with E-state index in [1.54, 1.807) is 30.5 Å². The SMILES string of the molecule is Cc1ccc(C(=O)N(/N=C\c2ccco2)c2nc3ccccc3s2)cc1. The minimum atomic E-state index is -0.244. The number of carbonyl (C=O) groups excluding carboxylic acids is 1. The van der Waals surface area contributed by atoms with Crippen molar-refractivity contribution in [2.75, 3.05) is 5.01 Å². The molecule has 0 aliphatic rings. The van der Waals surface area contributed by atoms with Gasteiger partial charge in [-0.15, -0.1) is 0 Å². The second-order valence-electron chi connectivity index (χ2n) is 5.71. The number of amides is 1. The van der Waals surface area contributed by atoms with Crippen LogP contribution in [0.15, 0.2) is 76.4 Å². The number of hydrogen-bond acceptors (Lipinski definition) is 5. The Morgan fingerprint density at radius 3 is 2.65 bits per heavy atom. The molecule has 2 aromatic carbocycles. The fourth-order valence-corrected chi connectivity index (χ4v) is 3.36. The summed E-state index contributed by atoms with van der Waals surface area (Å²) >= 11 is 1.42. The van der Waals surface area contributed by atoms with Gasteiger partial charge in [-0.2, -0.15) is 10.1 Å². The number of aryl methyl sites for hydroxylation is 1. The highest BCUT2D eigenvalue weighted by atomic mass is 32.1. The zero-order chi connectivity index (χ0) is 17.9. The molecule has 4 aromatic rings. The van der Waals surface area contributed by atoms with Crippen LogP contribution in [0.4, 0.5) is 5.13 Å². The lowest BCUT2D eigenvalue weighted by atomic mass is 10.1. The van der Waals surface area contributed by atoms with E-state index in [4.69, 9.17) is 4.42 Å². The molecular weight excluding hydrogens is 346 g/mol. The Hall–Kier alpha value is -3.25. The maximum absolute atomic E-state index is 13.0. The summed E-state index contributed by atoms with van der Waals surface area (Å²) in [7, 11) is 0. The number of hydrogen-bond donors (Lipinski definition) is 0. The molecule has 0 radical (unpaired) electrons. The number of fused-ring (bicyclic) bond motifs is 1. The number of thiazole rings is 1. The molecule has 2 heterocycles. The van der Waals surface area contributed by atoms with Crippen LogP contribution in [-0.2, 0) is 0 Å². The van der Waals surface area contributed by atoms with Crippen LogP contribution in [0.1, 0.15) is 21.7 Å². The van der Waals surface area contributed by atoms with Crippen LogP contribution >= 0.6 is 11.3 Å². The lowest BCUT2D eigenvalue weighted by molar-refractivity contribution is 0.0988. The van der Waals surface area contributed by atoms with E-state index in [2.05, 4.69) is 10.1 Å². The fourth-order valence-electron chi connectivity index (χ4n) is 2.44. The molecule has 0 bridgehead atoms. The van der Waals surface area contributed by atoms with Gasteiger partial charge in [0.05, 0.1) is 22.7 Å². The van der Waals surface area contributed by atoms with Crippen LogP contribution < -0.4 is 5.01 Å². The Bertz CT molecular complexity index is 1030. The molecular formula is C20H15N3O2S. The summed E-state index contributed by atoms with van der Waals surface area (Å²) in [4.78, 5) is 17.6. The number of para-hydroxylation sites is 1. The first-order chi connectivity index (χ1) is 12.7. The second kappa shape index (κ2) is 6.93. The first-order valence-electron chi connectivity index (χ1n) is 8.05. The van der Waals surface area contributed by atoms with Crippen molar-refractivity contribution in [2.45, 2.75) is 6.92 Å². The second-order valence-corrected chi connectivity index (χ2v) is 6.72. The number of aromatic nitrogens is 1. The lowest BCUT2D eigenvalue weighted by Gasteiger charge is -2.13. The number of nitrogens with zero attached hydrogens (tertiary/aromatic N) is 3. The van der Waals surface area contributed by atoms with E-state index in [-0.39, 0.29) is 5.91 Å². The predicted octanol–water partition coefficient (Wildman–Crippen LogP) is 4.88. The highest BCUT2D eigenvalue weighted by molar-refractivity contribution is 7.22. The topological polar surface area (TPSA) is 58.7 Å². The molecule has 0 fully saturated rings. The average molecular weight is 361 g/mol. The van der Waals surface area contributed by atoms with Crippen LogP contribution in [0.3, 0.4) is 0 Å². The van der Waals surface area contributed by atoms with E-state index in [9.17, 15) is 4.79 Å². The van der Waals surface area contributed by atoms with E-state index >= 15 is 0 Å². The Morgan fingerprint density at radius 1 is 1.12 bits per heavy atom. The standard InChI is InChI=1S/C20H15N3O2S/c1-14-8-10-15(11-9-14)19(24)23(21-13-16-5-4-12-25-16)20-22-17-6-2-3-7-18(17)26-20/h2-13H,1H3/b21-13-. The minimum Gasteiger partial charge on any atom is -0.463 e. The molecule has 6 heteroatoms. The molecule has 0 aliphatic heterocycles. The van der Waals surface area contributed by atoms with Gasteiger partial charge in [-0.05, 0) is 43.3 Å². The summed E-state index contributed by atoms with van der Waals surface area (Å²) in [5.74, 6) is 0.319. The molecule has 2 aromatic heterocycles. The van der Waals surface area contributed by atoms with Crippen LogP contribution in [0, 0.1) is 6.92 Å². The predicted molar refractivity (Wildman–Crippen MR) is 104 cm³/mol.